The summed E-state index contributed by atoms with van der Waals surface area (Å²) in [6.07, 6.45) is 2.28. The summed E-state index contributed by atoms with van der Waals surface area (Å²) < 4.78 is 64.8. The summed E-state index contributed by atoms with van der Waals surface area (Å²) in [6.45, 7) is 1.90. The van der Waals surface area contributed by atoms with E-state index in [9.17, 15) is 21.2 Å². The van der Waals surface area contributed by atoms with Gasteiger partial charge in [0.1, 0.15) is 5.82 Å². The van der Waals surface area contributed by atoms with E-state index in [4.69, 9.17) is 4.84 Å². The number of hydrogen-bond donors (Lipinski definition) is 1. The first kappa shape index (κ1) is 18.1. The Bertz CT molecular complexity index is 757. The number of hydrogen-bond acceptors (Lipinski definition) is 5. The van der Waals surface area contributed by atoms with Crippen LogP contribution < -0.4 is 4.72 Å². The van der Waals surface area contributed by atoms with Gasteiger partial charge in [0, 0.05) is 6.54 Å². The second-order valence-corrected chi connectivity index (χ2v) is 8.91. The number of nitrogens with one attached hydrogen (secondary N) is 1. The fourth-order valence-corrected chi connectivity index (χ4v) is 3.99. The minimum atomic E-state index is -3.98. The molecule has 23 heavy (non-hydrogen) atoms. The molecular weight excluding hydrogens is 347 g/mol. The normalized spacial score (nSPS) is 17.7. The van der Waals surface area contributed by atoms with Crippen molar-refractivity contribution in [2.45, 2.75) is 31.1 Å². The summed E-state index contributed by atoms with van der Waals surface area (Å²) in [5.74, 6) is -1.17. The minimum absolute atomic E-state index is 0.203. The Morgan fingerprint density at radius 2 is 1.96 bits per heavy atom. The maximum Gasteiger partial charge on any atom is 0.265 e. The van der Waals surface area contributed by atoms with Crippen LogP contribution in [0.15, 0.2) is 23.1 Å². The molecule has 0 spiro atoms. The molecule has 0 radical (unpaired) electrons. The summed E-state index contributed by atoms with van der Waals surface area (Å²) >= 11 is 0. The van der Waals surface area contributed by atoms with Crippen LogP contribution in [-0.2, 0) is 24.9 Å². The van der Waals surface area contributed by atoms with Crippen molar-refractivity contribution < 1.29 is 26.1 Å². The average molecular weight is 366 g/mol. The van der Waals surface area contributed by atoms with Gasteiger partial charge < -0.3 is 0 Å². The van der Waals surface area contributed by atoms with E-state index in [0.717, 1.165) is 35.5 Å². The van der Waals surface area contributed by atoms with E-state index in [0.29, 0.717) is 6.42 Å². The van der Waals surface area contributed by atoms with Crippen molar-refractivity contribution in [1.29, 1.82) is 0 Å². The van der Waals surface area contributed by atoms with Crippen LogP contribution in [0.25, 0.3) is 0 Å². The van der Waals surface area contributed by atoms with Crippen LogP contribution in [-0.4, -0.2) is 40.2 Å². The van der Waals surface area contributed by atoms with Gasteiger partial charge in [0.25, 0.3) is 10.0 Å². The van der Waals surface area contributed by atoms with Crippen molar-refractivity contribution in [3.8, 4) is 0 Å². The van der Waals surface area contributed by atoms with Gasteiger partial charge in [-0.05, 0) is 44.4 Å². The molecule has 0 atom stereocenters. The Balaban J connectivity index is 2.28. The van der Waals surface area contributed by atoms with E-state index in [2.05, 4.69) is 4.72 Å². The lowest BCUT2D eigenvalue weighted by Crippen LogP contribution is -2.31. The lowest BCUT2D eigenvalue weighted by Gasteiger charge is -2.19. The molecular formula is C13H19FN2O5S2. The second kappa shape index (κ2) is 7.12. The molecule has 1 aliphatic rings. The predicted molar refractivity (Wildman–Crippen MR) is 83.2 cm³/mol. The number of nitrogens with zero attached hydrogens (tertiary/aromatic N) is 1. The maximum absolute atomic E-state index is 14.0. The van der Waals surface area contributed by atoms with E-state index in [-0.39, 0.29) is 29.5 Å². The van der Waals surface area contributed by atoms with Crippen LogP contribution in [0.1, 0.15) is 26.2 Å². The highest BCUT2D eigenvalue weighted by molar-refractivity contribution is 7.92. The number of rotatable bonds is 5. The topological polar surface area (TPSA) is 92.8 Å². The molecule has 1 fully saturated rings. The smallest absolute Gasteiger partial charge is 0.265 e. The highest BCUT2D eigenvalue weighted by atomic mass is 32.2. The number of benzene rings is 1. The molecule has 0 aromatic heterocycles. The number of halogens is 1. The Morgan fingerprint density at radius 1 is 1.22 bits per heavy atom. The van der Waals surface area contributed by atoms with E-state index in [1.807, 2.05) is 0 Å². The van der Waals surface area contributed by atoms with Gasteiger partial charge in [-0.15, -0.1) is 0 Å². The molecule has 1 N–H and O–H groups in total. The third-order valence-corrected chi connectivity index (χ3v) is 6.34. The van der Waals surface area contributed by atoms with Crippen molar-refractivity contribution in [3.63, 3.8) is 0 Å². The van der Waals surface area contributed by atoms with Crippen molar-refractivity contribution in [3.05, 3.63) is 24.0 Å². The minimum Gasteiger partial charge on any atom is -0.284 e. The Kier molecular flexibility index (Phi) is 5.61. The zero-order chi connectivity index (χ0) is 17.1. The molecule has 2 rings (SSSR count). The summed E-state index contributed by atoms with van der Waals surface area (Å²) in [7, 11) is -7.62. The number of sulfonamides is 2. The zero-order valence-corrected chi connectivity index (χ0v) is 14.3. The van der Waals surface area contributed by atoms with Crippen molar-refractivity contribution >= 4 is 25.7 Å². The van der Waals surface area contributed by atoms with E-state index in [1.54, 1.807) is 0 Å². The molecule has 0 bridgehead atoms. The van der Waals surface area contributed by atoms with E-state index >= 15 is 0 Å². The third kappa shape index (κ3) is 4.40. The fraction of sp³-hybridized carbons (Fsp3) is 0.538. The van der Waals surface area contributed by atoms with Gasteiger partial charge >= 0.3 is 0 Å². The zero-order valence-electron chi connectivity index (χ0n) is 12.7. The highest BCUT2D eigenvalue weighted by Crippen LogP contribution is 2.24. The Hall–Kier alpha value is -1.23. The molecule has 0 unspecified atom stereocenters. The summed E-state index contributed by atoms with van der Waals surface area (Å²) in [6, 6.07) is 3.03. The Labute approximate surface area is 135 Å². The molecule has 1 aliphatic heterocycles. The number of hydroxylamine groups is 1. The van der Waals surface area contributed by atoms with E-state index in [1.165, 1.54) is 6.92 Å². The largest absolute Gasteiger partial charge is 0.284 e. The van der Waals surface area contributed by atoms with Gasteiger partial charge in [-0.25, -0.2) is 21.2 Å². The molecule has 7 nitrogen and oxygen atoms in total. The molecule has 10 heteroatoms. The third-order valence-electron chi connectivity index (χ3n) is 3.37. The molecule has 0 aliphatic carbocycles. The first-order valence-electron chi connectivity index (χ1n) is 7.22. The van der Waals surface area contributed by atoms with Gasteiger partial charge in [-0.1, -0.05) is 4.47 Å². The summed E-state index contributed by atoms with van der Waals surface area (Å²) in [4.78, 5) is 4.92. The molecule has 1 heterocycles. The van der Waals surface area contributed by atoms with Crippen molar-refractivity contribution in [1.82, 2.24) is 4.47 Å². The molecule has 0 saturated carbocycles. The van der Waals surface area contributed by atoms with Crippen LogP contribution in [0.4, 0.5) is 10.1 Å². The molecule has 130 valence electrons. The van der Waals surface area contributed by atoms with Gasteiger partial charge in [0.2, 0.25) is 10.0 Å². The SMILES string of the molecule is CCS(=O)(=O)Nc1ccc(S(=O)(=O)N2CCCCCO2)cc1F. The maximum atomic E-state index is 14.0. The Morgan fingerprint density at radius 3 is 2.61 bits per heavy atom. The molecule has 1 saturated heterocycles. The first-order chi connectivity index (χ1) is 10.8. The lowest BCUT2D eigenvalue weighted by atomic mass is 10.2. The van der Waals surface area contributed by atoms with Crippen LogP contribution in [0, 0.1) is 5.82 Å². The second-order valence-electron chi connectivity index (χ2n) is 5.07. The van der Waals surface area contributed by atoms with Gasteiger partial charge in [0.05, 0.1) is 22.9 Å². The van der Waals surface area contributed by atoms with Crippen molar-refractivity contribution in [2.24, 2.45) is 0 Å². The van der Waals surface area contributed by atoms with Crippen LogP contribution in [0.2, 0.25) is 0 Å². The lowest BCUT2D eigenvalue weighted by molar-refractivity contribution is -0.0748. The highest BCUT2D eigenvalue weighted by Gasteiger charge is 2.27. The quantitative estimate of drug-likeness (QED) is 0.856. The van der Waals surface area contributed by atoms with Gasteiger partial charge in [-0.2, -0.15) is 0 Å². The molecule has 1 aromatic carbocycles. The van der Waals surface area contributed by atoms with Crippen LogP contribution in [0.5, 0.6) is 0 Å². The molecule has 0 amide bonds. The van der Waals surface area contributed by atoms with Crippen molar-refractivity contribution in [2.75, 3.05) is 23.6 Å². The average Bonchev–Trinajstić information content (AvgIpc) is 2.78. The first-order valence-corrected chi connectivity index (χ1v) is 10.3. The monoisotopic (exact) mass is 366 g/mol. The van der Waals surface area contributed by atoms with Crippen LogP contribution in [0.3, 0.4) is 0 Å². The van der Waals surface area contributed by atoms with Gasteiger partial charge in [-0.3, -0.25) is 9.56 Å². The summed E-state index contributed by atoms with van der Waals surface area (Å²) in [5.41, 5.74) is -0.289. The fourth-order valence-electron chi connectivity index (χ4n) is 2.04. The van der Waals surface area contributed by atoms with Crippen LogP contribution >= 0.6 is 0 Å². The van der Waals surface area contributed by atoms with E-state index < -0.39 is 25.9 Å². The predicted octanol–water partition coefficient (Wildman–Crippen LogP) is 1.69. The summed E-state index contributed by atoms with van der Waals surface area (Å²) in [5, 5.41) is 0. The standard InChI is InChI=1S/C13H19FN2O5S2/c1-2-22(17,18)15-13-7-6-11(10-12(13)14)23(19,20)16-8-4-3-5-9-21-16/h6-7,10,15H,2-5,8-9H2,1H3. The van der Waals surface area contributed by atoms with Gasteiger partial charge in [0.15, 0.2) is 0 Å². The number of anilines is 1. The molecule has 1 aromatic rings.